The highest BCUT2D eigenvalue weighted by Crippen LogP contribution is 2.18. The fourth-order valence-corrected chi connectivity index (χ4v) is 2.53. The number of hydrogen-bond acceptors (Lipinski definition) is 4. The Kier molecular flexibility index (Phi) is 4.65. The molecule has 2 unspecified atom stereocenters. The lowest BCUT2D eigenvalue weighted by atomic mass is 9.99. The van der Waals surface area contributed by atoms with Gasteiger partial charge < -0.3 is 10.4 Å². The third-order valence-corrected chi connectivity index (χ3v) is 3.91. The van der Waals surface area contributed by atoms with Crippen molar-refractivity contribution < 1.29 is 9.90 Å². The monoisotopic (exact) mass is 276 g/mol. The van der Waals surface area contributed by atoms with E-state index in [4.69, 9.17) is 0 Å². The SMILES string of the molecule is CC(NCC(C(=O)O)c1ccccc1)c1nccs1. The van der Waals surface area contributed by atoms with E-state index in [0.717, 1.165) is 10.6 Å². The van der Waals surface area contributed by atoms with Gasteiger partial charge in [0.25, 0.3) is 0 Å². The summed E-state index contributed by atoms with van der Waals surface area (Å²) in [5.74, 6) is -1.35. The zero-order chi connectivity index (χ0) is 13.7. The summed E-state index contributed by atoms with van der Waals surface area (Å²) >= 11 is 1.57. The Bertz CT molecular complexity index is 514. The predicted molar refractivity (Wildman–Crippen MR) is 75.4 cm³/mol. The number of hydrogen-bond donors (Lipinski definition) is 2. The highest BCUT2D eigenvalue weighted by molar-refractivity contribution is 7.09. The van der Waals surface area contributed by atoms with Crippen LogP contribution in [0.4, 0.5) is 0 Å². The van der Waals surface area contributed by atoms with E-state index >= 15 is 0 Å². The molecule has 19 heavy (non-hydrogen) atoms. The third-order valence-electron chi connectivity index (χ3n) is 2.95. The molecule has 2 rings (SSSR count). The Morgan fingerprint density at radius 1 is 1.42 bits per heavy atom. The summed E-state index contributed by atoms with van der Waals surface area (Å²) in [5, 5.41) is 15.4. The predicted octanol–water partition coefficient (Wildman–Crippen LogP) is 2.66. The van der Waals surface area contributed by atoms with Crippen LogP contribution in [0.1, 0.15) is 29.5 Å². The molecular formula is C14H16N2O2S. The lowest BCUT2D eigenvalue weighted by Crippen LogP contribution is -2.28. The van der Waals surface area contributed by atoms with E-state index in [0.29, 0.717) is 6.54 Å². The molecule has 2 aromatic rings. The van der Waals surface area contributed by atoms with Gasteiger partial charge in [-0.15, -0.1) is 11.3 Å². The number of carboxylic acid groups (broad SMARTS) is 1. The van der Waals surface area contributed by atoms with Gasteiger partial charge in [0.15, 0.2) is 0 Å². The van der Waals surface area contributed by atoms with Crippen LogP contribution in [0.5, 0.6) is 0 Å². The van der Waals surface area contributed by atoms with Crippen LogP contribution in [0.25, 0.3) is 0 Å². The van der Waals surface area contributed by atoms with Crippen molar-refractivity contribution in [3.8, 4) is 0 Å². The number of aromatic nitrogens is 1. The van der Waals surface area contributed by atoms with Gasteiger partial charge in [-0.2, -0.15) is 0 Å². The number of nitrogens with one attached hydrogen (secondary N) is 1. The van der Waals surface area contributed by atoms with Crippen molar-refractivity contribution in [3.05, 3.63) is 52.5 Å². The van der Waals surface area contributed by atoms with Crippen LogP contribution >= 0.6 is 11.3 Å². The van der Waals surface area contributed by atoms with Crippen LogP contribution in [-0.4, -0.2) is 22.6 Å². The Morgan fingerprint density at radius 3 is 2.74 bits per heavy atom. The molecule has 0 amide bonds. The molecule has 1 aromatic carbocycles. The lowest BCUT2D eigenvalue weighted by Gasteiger charge is -2.17. The second kappa shape index (κ2) is 6.45. The first-order valence-corrected chi connectivity index (χ1v) is 6.97. The Morgan fingerprint density at radius 2 is 2.16 bits per heavy atom. The molecule has 1 heterocycles. The van der Waals surface area contributed by atoms with Gasteiger partial charge in [-0.05, 0) is 12.5 Å². The van der Waals surface area contributed by atoms with Gasteiger partial charge in [-0.25, -0.2) is 4.98 Å². The summed E-state index contributed by atoms with van der Waals surface area (Å²) in [6, 6.07) is 9.34. The van der Waals surface area contributed by atoms with Gasteiger partial charge in [0.05, 0.1) is 12.0 Å². The average Bonchev–Trinajstić information content (AvgIpc) is 2.93. The van der Waals surface area contributed by atoms with Gasteiger partial charge in [0.1, 0.15) is 5.01 Å². The molecule has 0 aliphatic carbocycles. The first-order chi connectivity index (χ1) is 9.18. The van der Waals surface area contributed by atoms with Gasteiger partial charge in [0.2, 0.25) is 0 Å². The molecule has 0 spiro atoms. The van der Waals surface area contributed by atoms with Crippen molar-refractivity contribution in [2.75, 3.05) is 6.54 Å². The van der Waals surface area contributed by atoms with Gasteiger partial charge in [0, 0.05) is 18.1 Å². The number of benzene rings is 1. The summed E-state index contributed by atoms with van der Waals surface area (Å²) in [6.07, 6.45) is 1.75. The topological polar surface area (TPSA) is 62.2 Å². The first kappa shape index (κ1) is 13.7. The van der Waals surface area contributed by atoms with Crippen LogP contribution < -0.4 is 5.32 Å². The smallest absolute Gasteiger partial charge is 0.312 e. The van der Waals surface area contributed by atoms with Crippen molar-refractivity contribution in [1.29, 1.82) is 0 Å². The minimum Gasteiger partial charge on any atom is -0.481 e. The largest absolute Gasteiger partial charge is 0.481 e. The second-order valence-corrected chi connectivity index (χ2v) is 5.23. The molecule has 100 valence electrons. The number of carbonyl (C=O) groups is 1. The van der Waals surface area contributed by atoms with Crippen molar-refractivity contribution >= 4 is 17.3 Å². The minimum absolute atomic E-state index is 0.0607. The molecule has 0 saturated carbocycles. The maximum atomic E-state index is 11.3. The number of rotatable bonds is 6. The Balaban J connectivity index is 2.01. The van der Waals surface area contributed by atoms with E-state index in [1.807, 2.05) is 42.6 Å². The molecule has 1 aromatic heterocycles. The first-order valence-electron chi connectivity index (χ1n) is 6.09. The van der Waals surface area contributed by atoms with E-state index in [1.54, 1.807) is 17.5 Å². The molecule has 0 aliphatic rings. The maximum Gasteiger partial charge on any atom is 0.312 e. The maximum absolute atomic E-state index is 11.3. The summed E-state index contributed by atoms with van der Waals surface area (Å²) in [6.45, 7) is 2.38. The van der Waals surface area contributed by atoms with E-state index < -0.39 is 11.9 Å². The zero-order valence-corrected chi connectivity index (χ0v) is 11.4. The molecule has 2 atom stereocenters. The van der Waals surface area contributed by atoms with Crippen LogP contribution in [-0.2, 0) is 4.79 Å². The van der Waals surface area contributed by atoms with E-state index in [1.165, 1.54) is 0 Å². The Labute approximate surface area is 116 Å². The van der Waals surface area contributed by atoms with E-state index in [-0.39, 0.29) is 6.04 Å². The number of carboxylic acids is 1. The van der Waals surface area contributed by atoms with E-state index in [9.17, 15) is 9.90 Å². The molecule has 0 aliphatic heterocycles. The standard InChI is InChI=1S/C14H16N2O2S/c1-10(13-15-7-8-19-13)16-9-12(14(17)18)11-5-3-2-4-6-11/h2-8,10,12,16H,9H2,1H3,(H,17,18). The van der Waals surface area contributed by atoms with Crippen LogP contribution in [0, 0.1) is 0 Å². The lowest BCUT2D eigenvalue weighted by molar-refractivity contribution is -0.138. The van der Waals surface area contributed by atoms with Crippen LogP contribution in [0.3, 0.4) is 0 Å². The normalized spacial score (nSPS) is 13.9. The van der Waals surface area contributed by atoms with Gasteiger partial charge >= 0.3 is 5.97 Å². The van der Waals surface area contributed by atoms with Crippen molar-refractivity contribution in [3.63, 3.8) is 0 Å². The number of aliphatic carboxylic acids is 1. The summed E-state index contributed by atoms with van der Waals surface area (Å²) in [7, 11) is 0. The molecule has 2 N–H and O–H groups in total. The number of thiazole rings is 1. The van der Waals surface area contributed by atoms with Crippen molar-refractivity contribution in [1.82, 2.24) is 10.3 Å². The van der Waals surface area contributed by atoms with Gasteiger partial charge in [-0.1, -0.05) is 30.3 Å². The second-order valence-electron chi connectivity index (χ2n) is 4.30. The Hall–Kier alpha value is -1.72. The van der Waals surface area contributed by atoms with Crippen molar-refractivity contribution in [2.24, 2.45) is 0 Å². The highest BCUT2D eigenvalue weighted by atomic mass is 32.1. The molecule has 4 nitrogen and oxygen atoms in total. The fourth-order valence-electron chi connectivity index (χ4n) is 1.86. The quantitative estimate of drug-likeness (QED) is 0.851. The van der Waals surface area contributed by atoms with Crippen molar-refractivity contribution in [2.45, 2.75) is 18.9 Å². The highest BCUT2D eigenvalue weighted by Gasteiger charge is 2.20. The molecule has 0 fully saturated rings. The minimum atomic E-state index is -0.815. The van der Waals surface area contributed by atoms with E-state index in [2.05, 4.69) is 10.3 Å². The molecule has 0 radical (unpaired) electrons. The summed E-state index contributed by atoms with van der Waals surface area (Å²) in [5.41, 5.74) is 0.814. The third kappa shape index (κ3) is 3.62. The molecule has 0 bridgehead atoms. The van der Waals surface area contributed by atoms with Crippen LogP contribution in [0.2, 0.25) is 0 Å². The zero-order valence-electron chi connectivity index (χ0n) is 10.6. The molecule has 5 heteroatoms. The van der Waals surface area contributed by atoms with Gasteiger partial charge in [-0.3, -0.25) is 4.79 Å². The number of nitrogens with zero attached hydrogens (tertiary/aromatic N) is 1. The summed E-state index contributed by atoms with van der Waals surface area (Å²) < 4.78 is 0. The molecular weight excluding hydrogens is 260 g/mol. The summed E-state index contributed by atoms with van der Waals surface area (Å²) in [4.78, 5) is 15.6. The fraction of sp³-hybridized carbons (Fsp3) is 0.286. The van der Waals surface area contributed by atoms with Crippen LogP contribution in [0.15, 0.2) is 41.9 Å². The average molecular weight is 276 g/mol. The molecule has 0 saturated heterocycles.